The van der Waals surface area contributed by atoms with E-state index in [4.69, 9.17) is 5.73 Å². The van der Waals surface area contributed by atoms with Gasteiger partial charge in [0, 0.05) is 24.1 Å². The van der Waals surface area contributed by atoms with E-state index in [1.807, 2.05) is 52.6 Å². The van der Waals surface area contributed by atoms with Crippen LogP contribution < -0.4 is 15.4 Å². The number of allylic oxidation sites excluding steroid dienone is 3. The quantitative estimate of drug-likeness (QED) is 0.771. The third kappa shape index (κ3) is 7.63. The Morgan fingerprint density at radius 3 is 1.96 bits per heavy atom. The predicted octanol–water partition coefficient (Wildman–Crippen LogP) is 5.20. The first kappa shape index (κ1) is 20.9. The van der Waals surface area contributed by atoms with Crippen molar-refractivity contribution in [3.05, 3.63) is 47.3 Å². The number of alkyl halides is 3. The largest absolute Gasteiger partial charge is 0.573 e. The molecule has 1 aromatic carbocycles. The summed E-state index contributed by atoms with van der Waals surface area (Å²) in [4.78, 5) is 1.83. The van der Waals surface area contributed by atoms with Gasteiger partial charge in [0.25, 0.3) is 0 Å². The van der Waals surface area contributed by atoms with Gasteiger partial charge in [-0.2, -0.15) is 0 Å². The second-order valence-corrected chi connectivity index (χ2v) is 4.84. The molecule has 0 unspecified atom stereocenters. The molecule has 0 bridgehead atoms. The summed E-state index contributed by atoms with van der Waals surface area (Å²) in [5.41, 5.74) is 9.13. The van der Waals surface area contributed by atoms with E-state index in [1.54, 1.807) is 12.1 Å². The van der Waals surface area contributed by atoms with Gasteiger partial charge in [0.05, 0.1) is 0 Å². The fraction of sp³-hybridized carbons (Fsp3) is 0.412. The fourth-order valence-corrected chi connectivity index (χ4v) is 1.54. The second kappa shape index (κ2) is 9.12. The molecule has 0 amide bonds. The molecule has 6 heteroatoms. The van der Waals surface area contributed by atoms with Crippen molar-refractivity contribution in [3.63, 3.8) is 0 Å². The maximum Gasteiger partial charge on any atom is 0.573 e. The molecule has 1 rings (SSSR count). The Kier molecular flexibility index (Phi) is 8.29. The summed E-state index contributed by atoms with van der Waals surface area (Å²) < 4.78 is 40.1. The van der Waals surface area contributed by atoms with E-state index in [9.17, 15) is 13.2 Å². The number of halogens is 3. The molecule has 0 spiro atoms. The highest BCUT2D eigenvalue weighted by molar-refractivity contribution is 5.53. The van der Waals surface area contributed by atoms with Gasteiger partial charge in [0.1, 0.15) is 5.75 Å². The smallest absolute Gasteiger partial charge is 0.406 e. The third-order valence-electron chi connectivity index (χ3n) is 2.93. The Balaban J connectivity index is 0.00000232. The van der Waals surface area contributed by atoms with Crippen molar-refractivity contribution < 1.29 is 17.9 Å². The maximum absolute atomic E-state index is 12.1. The number of hydrogen-bond acceptors (Lipinski definition) is 3. The van der Waals surface area contributed by atoms with Gasteiger partial charge >= 0.3 is 6.36 Å². The van der Waals surface area contributed by atoms with E-state index in [0.717, 1.165) is 17.0 Å². The number of ether oxygens (including phenoxy) is 1. The van der Waals surface area contributed by atoms with Crippen LogP contribution in [0.5, 0.6) is 5.75 Å². The van der Waals surface area contributed by atoms with Gasteiger partial charge in [0.15, 0.2) is 0 Å². The summed E-state index contributed by atoms with van der Waals surface area (Å²) in [5.74, 6) is -0.245. The van der Waals surface area contributed by atoms with E-state index in [1.165, 1.54) is 12.1 Å². The standard InChI is InChI=1S/C15H19F3N2O.C2H6/c1-10(2)14(19)9-11(3)20(4)12-5-7-13(8-6-12)21-15(16,17)18;1-2/h5-9H,19H2,1-4H3;1-2H3/b11-9-;. The van der Waals surface area contributed by atoms with Crippen LogP contribution in [-0.2, 0) is 0 Å². The summed E-state index contributed by atoms with van der Waals surface area (Å²) in [5, 5.41) is 0. The monoisotopic (exact) mass is 330 g/mol. The first-order chi connectivity index (χ1) is 10.6. The number of nitrogens with zero attached hydrogens (tertiary/aromatic N) is 1. The fourth-order valence-electron chi connectivity index (χ4n) is 1.54. The van der Waals surface area contributed by atoms with E-state index in [-0.39, 0.29) is 5.75 Å². The first-order valence-electron chi connectivity index (χ1n) is 7.31. The van der Waals surface area contributed by atoms with Crippen LogP contribution in [0.3, 0.4) is 0 Å². The molecule has 23 heavy (non-hydrogen) atoms. The minimum atomic E-state index is -4.68. The summed E-state index contributed by atoms with van der Waals surface area (Å²) >= 11 is 0. The second-order valence-electron chi connectivity index (χ2n) is 4.84. The molecule has 2 N–H and O–H groups in total. The van der Waals surface area contributed by atoms with Crippen LogP contribution in [-0.4, -0.2) is 13.4 Å². The van der Waals surface area contributed by atoms with Gasteiger partial charge in [-0.15, -0.1) is 13.2 Å². The van der Waals surface area contributed by atoms with E-state index in [2.05, 4.69) is 4.74 Å². The average Bonchev–Trinajstić information content (AvgIpc) is 2.47. The average molecular weight is 330 g/mol. The number of anilines is 1. The molecule has 0 heterocycles. The highest BCUT2D eigenvalue weighted by Gasteiger charge is 2.30. The molecule has 0 saturated carbocycles. The third-order valence-corrected chi connectivity index (χ3v) is 2.93. The van der Waals surface area contributed by atoms with Gasteiger partial charge in [-0.25, -0.2) is 0 Å². The van der Waals surface area contributed by atoms with Gasteiger partial charge in [-0.1, -0.05) is 19.4 Å². The number of rotatable bonds is 4. The van der Waals surface area contributed by atoms with E-state index in [0.29, 0.717) is 5.70 Å². The zero-order valence-corrected chi connectivity index (χ0v) is 14.5. The molecule has 0 fully saturated rings. The normalized spacial score (nSPS) is 11.3. The lowest BCUT2D eigenvalue weighted by atomic mass is 10.2. The van der Waals surface area contributed by atoms with Crippen molar-refractivity contribution in [2.75, 3.05) is 11.9 Å². The van der Waals surface area contributed by atoms with Crippen LogP contribution in [0.15, 0.2) is 47.3 Å². The zero-order valence-electron chi connectivity index (χ0n) is 14.5. The topological polar surface area (TPSA) is 38.5 Å². The van der Waals surface area contributed by atoms with Gasteiger partial charge in [0.2, 0.25) is 0 Å². The van der Waals surface area contributed by atoms with Gasteiger partial charge < -0.3 is 15.4 Å². The lowest BCUT2D eigenvalue weighted by Crippen LogP contribution is -2.18. The Morgan fingerprint density at radius 1 is 1.09 bits per heavy atom. The Hall–Kier alpha value is -2.11. The van der Waals surface area contributed by atoms with Crippen LogP contribution in [0.1, 0.15) is 34.6 Å². The van der Waals surface area contributed by atoms with Crippen molar-refractivity contribution in [1.29, 1.82) is 0 Å². The van der Waals surface area contributed by atoms with E-state index < -0.39 is 6.36 Å². The number of nitrogens with two attached hydrogens (primary N) is 1. The molecule has 0 saturated heterocycles. The predicted molar refractivity (Wildman–Crippen MR) is 89.2 cm³/mol. The Morgan fingerprint density at radius 2 is 1.57 bits per heavy atom. The molecular weight excluding hydrogens is 305 g/mol. The SMILES string of the molecule is CC.CC(C)=C(N)/C=C(/C)N(C)c1ccc(OC(F)(F)F)cc1. The molecular formula is C17H25F3N2O. The van der Waals surface area contributed by atoms with Crippen molar-refractivity contribution in [2.24, 2.45) is 5.73 Å². The van der Waals surface area contributed by atoms with Crippen LogP contribution >= 0.6 is 0 Å². The molecule has 0 aliphatic rings. The zero-order chi connectivity index (χ0) is 18.2. The lowest BCUT2D eigenvalue weighted by Gasteiger charge is -2.21. The molecule has 0 aliphatic carbocycles. The highest BCUT2D eigenvalue weighted by atomic mass is 19.4. The van der Waals surface area contributed by atoms with Crippen LogP contribution in [0.4, 0.5) is 18.9 Å². The van der Waals surface area contributed by atoms with Crippen molar-refractivity contribution in [2.45, 2.75) is 41.0 Å². The van der Waals surface area contributed by atoms with Crippen molar-refractivity contribution >= 4 is 5.69 Å². The Labute approximate surface area is 136 Å². The van der Waals surface area contributed by atoms with Crippen LogP contribution in [0, 0.1) is 0 Å². The Bertz CT molecular complexity index is 542. The maximum atomic E-state index is 12.1. The van der Waals surface area contributed by atoms with E-state index >= 15 is 0 Å². The molecule has 0 atom stereocenters. The summed E-state index contributed by atoms with van der Waals surface area (Å²) in [6, 6.07) is 5.65. The van der Waals surface area contributed by atoms with Crippen molar-refractivity contribution in [1.82, 2.24) is 0 Å². The molecule has 130 valence electrons. The van der Waals surface area contributed by atoms with Crippen LogP contribution in [0.25, 0.3) is 0 Å². The van der Waals surface area contributed by atoms with Gasteiger partial charge in [-0.3, -0.25) is 0 Å². The first-order valence-corrected chi connectivity index (χ1v) is 7.31. The van der Waals surface area contributed by atoms with Crippen LogP contribution in [0.2, 0.25) is 0 Å². The molecule has 0 radical (unpaired) electrons. The van der Waals surface area contributed by atoms with Gasteiger partial charge in [-0.05, 0) is 51.1 Å². The molecule has 1 aromatic rings. The summed E-state index contributed by atoms with van der Waals surface area (Å²) in [6.07, 6.45) is -2.86. The van der Waals surface area contributed by atoms with Crippen molar-refractivity contribution in [3.8, 4) is 5.75 Å². The highest BCUT2D eigenvalue weighted by Crippen LogP contribution is 2.26. The minimum absolute atomic E-state index is 0.245. The minimum Gasteiger partial charge on any atom is -0.406 e. The molecule has 0 aromatic heterocycles. The summed E-state index contributed by atoms with van der Waals surface area (Å²) in [7, 11) is 1.81. The molecule has 0 aliphatic heterocycles. The summed E-state index contributed by atoms with van der Waals surface area (Å²) in [6.45, 7) is 9.68. The lowest BCUT2D eigenvalue weighted by molar-refractivity contribution is -0.274. The number of benzene rings is 1. The number of hydrogen-bond donors (Lipinski definition) is 1. The molecule has 3 nitrogen and oxygen atoms in total.